The van der Waals surface area contributed by atoms with Crippen LogP contribution in [0.5, 0.6) is 0 Å². The van der Waals surface area contributed by atoms with Crippen LogP contribution in [0.3, 0.4) is 0 Å². The second-order valence-corrected chi connectivity index (χ2v) is 2.77. The number of anilines is 1. The van der Waals surface area contributed by atoms with Crippen molar-refractivity contribution in [3.05, 3.63) is 22.5 Å². The van der Waals surface area contributed by atoms with Crippen molar-refractivity contribution in [2.75, 3.05) is 19.0 Å². The summed E-state index contributed by atoms with van der Waals surface area (Å²) in [6.07, 6.45) is 2.36. The maximum atomic E-state index is 10.8. The van der Waals surface area contributed by atoms with Crippen molar-refractivity contribution in [1.29, 1.82) is 0 Å². The number of nitrogens with one attached hydrogen (secondary N) is 1. The van der Waals surface area contributed by atoms with E-state index in [1.807, 2.05) is 0 Å². The number of hydrogen-bond acceptors (Lipinski definition) is 7. The van der Waals surface area contributed by atoms with Gasteiger partial charge in [0.2, 0.25) is 5.95 Å². The number of esters is 1. The highest BCUT2D eigenvalue weighted by Crippen LogP contribution is 2.07. The van der Waals surface area contributed by atoms with Crippen molar-refractivity contribution in [3.63, 3.8) is 0 Å². The van der Waals surface area contributed by atoms with Crippen LogP contribution in [0.25, 0.3) is 0 Å². The number of carbonyl (C=O) groups is 1. The number of carbonyl (C=O) groups excluding carboxylic acids is 1. The van der Waals surface area contributed by atoms with Gasteiger partial charge in [0.15, 0.2) is 0 Å². The molecule has 0 amide bonds. The van der Waals surface area contributed by atoms with Gasteiger partial charge in [-0.2, -0.15) is 0 Å². The van der Waals surface area contributed by atoms with E-state index in [-0.39, 0.29) is 24.0 Å². The van der Waals surface area contributed by atoms with Crippen molar-refractivity contribution in [3.8, 4) is 0 Å². The predicted molar refractivity (Wildman–Crippen MR) is 53.8 cm³/mol. The van der Waals surface area contributed by atoms with Gasteiger partial charge in [0, 0.05) is 6.54 Å². The number of rotatable bonds is 5. The number of nitrogens with zero attached hydrogens (tertiary/aromatic N) is 3. The number of ether oxygens (including phenoxy) is 1. The highest BCUT2D eigenvalue weighted by atomic mass is 16.6. The number of hydrogen-bond donors (Lipinski definition) is 1. The zero-order chi connectivity index (χ0) is 12.0. The summed E-state index contributed by atoms with van der Waals surface area (Å²) in [6.45, 7) is 0.310. The minimum atomic E-state index is -0.585. The van der Waals surface area contributed by atoms with Gasteiger partial charge in [-0.1, -0.05) is 0 Å². The van der Waals surface area contributed by atoms with Gasteiger partial charge >= 0.3 is 11.7 Å². The van der Waals surface area contributed by atoms with E-state index in [2.05, 4.69) is 20.0 Å². The first-order chi connectivity index (χ1) is 7.63. The summed E-state index contributed by atoms with van der Waals surface area (Å²) >= 11 is 0. The second-order valence-electron chi connectivity index (χ2n) is 2.77. The third kappa shape index (κ3) is 3.48. The average molecular weight is 226 g/mol. The van der Waals surface area contributed by atoms with E-state index < -0.39 is 4.92 Å². The Balaban J connectivity index is 2.43. The summed E-state index contributed by atoms with van der Waals surface area (Å²) in [5.41, 5.74) is -0.182. The summed E-state index contributed by atoms with van der Waals surface area (Å²) in [7, 11) is 1.30. The van der Waals surface area contributed by atoms with Crippen molar-refractivity contribution in [1.82, 2.24) is 9.97 Å². The maximum Gasteiger partial charge on any atom is 0.307 e. The van der Waals surface area contributed by atoms with Gasteiger partial charge in [0.25, 0.3) is 0 Å². The lowest BCUT2D eigenvalue weighted by Gasteiger charge is -2.02. The van der Waals surface area contributed by atoms with Crippen LogP contribution in [-0.2, 0) is 9.53 Å². The first-order valence-corrected chi connectivity index (χ1v) is 4.40. The molecule has 1 N–H and O–H groups in total. The van der Waals surface area contributed by atoms with Gasteiger partial charge in [-0.3, -0.25) is 14.9 Å². The molecule has 16 heavy (non-hydrogen) atoms. The van der Waals surface area contributed by atoms with Gasteiger partial charge in [-0.15, -0.1) is 0 Å². The van der Waals surface area contributed by atoms with Crippen molar-refractivity contribution in [2.45, 2.75) is 6.42 Å². The van der Waals surface area contributed by atoms with Crippen molar-refractivity contribution < 1.29 is 14.5 Å². The Morgan fingerprint density at radius 1 is 1.56 bits per heavy atom. The van der Waals surface area contributed by atoms with Crippen LogP contribution in [0, 0.1) is 10.1 Å². The molecule has 0 aliphatic rings. The minimum absolute atomic E-state index is 0.177. The zero-order valence-electron chi connectivity index (χ0n) is 8.54. The third-order valence-corrected chi connectivity index (χ3v) is 1.69. The molecule has 1 aromatic heterocycles. The number of aromatic nitrogens is 2. The molecule has 8 nitrogen and oxygen atoms in total. The zero-order valence-corrected chi connectivity index (χ0v) is 8.54. The summed E-state index contributed by atoms with van der Waals surface area (Å²) < 4.78 is 4.43. The molecule has 1 rings (SSSR count). The largest absolute Gasteiger partial charge is 0.469 e. The van der Waals surface area contributed by atoms with Crippen LogP contribution in [0.4, 0.5) is 11.6 Å². The van der Waals surface area contributed by atoms with Crippen LogP contribution in [-0.4, -0.2) is 34.5 Å². The second kappa shape index (κ2) is 5.59. The molecular formula is C8H10N4O4. The van der Waals surface area contributed by atoms with Gasteiger partial charge in [0.05, 0.1) is 18.5 Å². The molecule has 0 radical (unpaired) electrons. The monoisotopic (exact) mass is 226 g/mol. The highest BCUT2D eigenvalue weighted by molar-refractivity contribution is 5.69. The first kappa shape index (κ1) is 11.8. The lowest BCUT2D eigenvalue weighted by Crippen LogP contribution is -2.11. The minimum Gasteiger partial charge on any atom is -0.469 e. The van der Waals surface area contributed by atoms with Gasteiger partial charge < -0.3 is 10.1 Å². The molecule has 0 unspecified atom stereocenters. The van der Waals surface area contributed by atoms with E-state index in [4.69, 9.17) is 0 Å². The Morgan fingerprint density at radius 2 is 2.19 bits per heavy atom. The molecule has 0 saturated heterocycles. The van der Waals surface area contributed by atoms with Crippen LogP contribution in [0.1, 0.15) is 6.42 Å². The Labute approximate surface area is 90.8 Å². The molecular weight excluding hydrogens is 216 g/mol. The Bertz CT molecular complexity index is 378. The van der Waals surface area contributed by atoms with E-state index >= 15 is 0 Å². The summed E-state index contributed by atoms with van der Waals surface area (Å²) in [4.78, 5) is 27.9. The third-order valence-electron chi connectivity index (χ3n) is 1.69. The number of methoxy groups -OCH3 is 1. The van der Waals surface area contributed by atoms with Crippen LogP contribution >= 0.6 is 0 Å². The van der Waals surface area contributed by atoms with Gasteiger partial charge in [0.1, 0.15) is 12.4 Å². The van der Waals surface area contributed by atoms with Crippen LogP contribution < -0.4 is 5.32 Å². The summed E-state index contributed by atoms with van der Waals surface area (Å²) in [5, 5.41) is 13.0. The van der Waals surface area contributed by atoms with E-state index in [0.717, 1.165) is 12.4 Å². The van der Waals surface area contributed by atoms with Gasteiger partial charge in [-0.25, -0.2) is 9.97 Å². The van der Waals surface area contributed by atoms with E-state index in [1.54, 1.807) is 0 Å². The SMILES string of the molecule is COC(=O)CCNc1ncc([N+](=O)[O-])cn1. The standard InChI is InChI=1S/C8H10N4O4/c1-16-7(13)2-3-9-8-10-4-6(5-11-8)12(14)15/h4-5H,2-3H2,1H3,(H,9,10,11). The molecule has 0 saturated carbocycles. The number of nitro groups is 1. The molecule has 0 spiro atoms. The molecule has 1 heterocycles. The van der Waals surface area contributed by atoms with Crippen molar-refractivity contribution in [2.24, 2.45) is 0 Å². The topological polar surface area (TPSA) is 107 Å². The lowest BCUT2D eigenvalue weighted by molar-refractivity contribution is -0.385. The fourth-order valence-corrected chi connectivity index (χ4v) is 0.885. The molecule has 0 aromatic carbocycles. The molecule has 86 valence electrons. The van der Waals surface area contributed by atoms with E-state index in [9.17, 15) is 14.9 Å². The smallest absolute Gasteiger partial charge is 0.307 e. The highest BCUT2D eigenvalue weighted by Gasteiger charge is 2.06. The maximum absolute atomic E-state index is 10.8. The van der Waals surface area contributed by atoms with Crippen LogP contribution in [0.2, 0.25) is 0 Å². The molecule has 0 aliphatic carbocycles. The van der Waals surface area contributed by atoms with E-state index in [1.165, 1.54) is 7.11 Å². The summed E-state index contributed by atoms with van der Waals surface area (Å²) in [6, 6.07) is 0. The molecule has 0 aliphatic heterocycles. The molecule has 0 bridgehead atoms. The van der Waals surface area contributed by atoms with Crippen LogP contribution in [0.15, 0.2) is 12.4 Å². The Kier molecular flexibility index (Phi) is 4.13. The van der Waals surface area contributed by atoms with E-state index in [0.29, 0.717) is 6.54 Å². The summed E-state index contributed by atoms with van der Waals surface area (Å²) in [5.74, 6) is -0.121. The fourth-order valence-electron chi connectivity index (χ4n) is 0.885. The Morgan fingerprint density at radius 3 is 2.69 bits per heavy atom. The normalized spacial score (nSPS) is 9.56. The molecule has 0 fully saturated rings. The average Bonchev–Trinajstić information content (AvgIpc) is 2.29. The van der Waals surface area contributed by atoms with Crippen molar-refractivity contribution >= 4 is 17.6 Å². The molecule has 1 aromatic rings. The Hall–Kier alpha value is -2.25. The molecule has 8 heteroatoms. The molecule has 0 atom stereocenters. The van der Waals surface area contributed by atoms with Gasteiger partial charge in [-0.05, 0) is 0 Å². The lowest BCUT2D eigenvalue weighted by atomic mass is 10.4. The first-order valence-electron chi connectivity index (χ1n) is 4.40. The predicted octanol–water partition coefficient (Wildman–Crippen LogP) is 0.360. The quantitative estimate of drug-likeness (QED) is 0.438. The fraction of sp³-hybridized carbons (Fsp3) is 0.375.